The quantitative estimate of drug-likeness (QED) is 0.555. The number of nitrogens with zero attached hydrogens (tertiary/aromatic N) is 4. The summed E-state index contributed by atoms with van der Waals surface area (Å²) in [6.45, 7) is 0. The summed E-state index contributed by atoms with van der Waals surface area (Å²) in [6.07, 6.45) is 7.08. The van der Waals surface area contributed by atoms with Crippen molar-refractivity contribution in [1.82, 2.24) is 19.5 Å². The number of aromatic nitrogens is 4. The molecule has 1 aromatic heterocycles. The molecule has 0 aliphatic carbocycles. The fourth-order valence-corrected chi connectivity index (χ4v) is 2.14. The van der Waals surface area contributed by atoms with Crippen molar-refractivity contribution in [2.75, 3.05) is 11.5 Å². The lowest BCUT2D eigenvalue weighted by atomic mass is 10.2. The van der Waals surface area contributed by atoms with E-state index < -0.39 is 0 Å². The van der Waals surface area contributed by atoms with Gasteiger partial charge in [-0.05, 0) is 12.1 Å². The van der Waals surface area contributed by atoms with Crippen LogP contribution in [-0.4, -0.2) is 19.5 Å². The number of benzene rings is 1. The Morgan fingerprint density at radius 1 is 0.880 bits per heavy atom. The SMILES string of the molecule is C.Cn1ccc2nc(-c3ccccc3)nc-2c1.Nc1ccncc1N. The van der Waals surface area contributed by atoms with Gasteiger partial charge in [-0.1, -0.05) is 37.8 Å². The molecule has 6 heteroatoms. The Morgan fingerprint density at radius 2 is 1.60 bits per heavy atom. The van der Waals surface area contributed by atoms with Crippen LogP contribution in [-0.2, 0) is 7.05 Å². The Kier molecular flexibility index (Phi) is 5.68. The molecule has 4 N–H and O–H groups in total. The Hall–Kier alpha value is -3.41. The number of rotatable bonds is 1. The third-order valence-electron chi connectivity index (χ3n) is 3.43. The zero-order valence-corrected chi connectivity index (χ0v) is 13.3. The highest BCUT2D eigenvalue weighted by atomic mass is 15.0. The van der Waals surface area contributed by atoms with Crippen LogP contribution < -0.4 is 11.5 Å². The number of anilines is 2. The van der Waals surface area contributed by atoms with Crippen LogP contribution in [0, 0.1) is 0 Å². The fraction of sp³-hybridized carbons (Fsp3) is 0.105. The van der Waals surface area contributed by atoms with E-state index in [1.54, 1.807) is 12.3 Å². The first-order chi connectivity index (χ1) is 11.6. The number of pyridine rings is 2. The molecule has 0 saturated carbocycles. The van der Waals surface area contributed by atoms with Gasteiger partial charge < -0.3 is 16.0 Å². The van der Waals surface area contributed by atoms with Gasteiger partial charge >= 0.3 is 0 Å². The normalized spacial score (nSPS) is 9.80. The van der Waals surface area contributed by atoms with E-state index in [0.717, 1.165) is 22.8 Å². The largest absolute Gasteiger partial charge is 0.397 e. The summed E-state index contributed by atoms with van der Waals surface area (Å²) in [5, 5.41) is 0. The predicted molar refractivity (Wildman–Crippen MR) is 103 cm³/mol. The summed E-state index contributed by atoms with van der Waals surface area (Å²) in [4.78, 5) is 12.8. The highest BCUT2D eigenvalue weighted by Crippen LogP contribution is 2.23. The van der Waals surface area contributed by atoms with Gasteiger partial charge in [0.1, 0.15) is 5.69 Å². The van der Waals surface area contributed by atoms with Gasteiger partial charge in [-0.15, -0.1) is 0 Å². The minimum atomic E-state index is 0. The van der Waals surface area contributed by atoms with E-state index in [0.29, 0.717) is 11.4 Å². The average molecular weight is 334 g/mol. The van der Waals surface area contributed by atoms with Crippen LogP contribution in [0.5, 0.6) is 0 Å². The van der Waals surface area contributed by atoms with Crippen molar-refractivity contribution in [3.05, 3.63) is 67.3 Å². The maximum Gasteiger partial charge on any atom is 0.160 e. The first-order valence-corrected chi connectivity index (χ1v) is 7.43. The fourth-order valence-electron chi connectivity index (χ4n) is 2.14. The highest BCUT2D eigenvalue weighted by molar-refractivity contribution is 5.65. The molecule has 0 spiro atoms. The summed E-state index contributed by atoms with van der Waals surface area (Å²) in [5.41, 5.74) is 14.7. The van der Waals surface area contributed by atoms with Gasteiger partial charge in [-0.2, -0.15) is 0 Å². The van der Waals surface area contributed by atoms with Crippen molar-refractivity contribution >= 4 is 11.4 Å². The monoisotopic (exact) mass is 334 g/mol. The number of hydrogen-bond donors (Lipinski definition) is 2. The molecule has 128 valence electrons. The topological polar surface area (TPSA) is 95.6 Å². The molecular weight excluding hydrogens is 312 g/mol. The first-order valence-electron chi connectivity index (χ1n) is 7.43. The minimum absolute atomic E-state index is 0. The maximum atomic E-state index is 5.35. The Bertz CT molecular complexity index is 880. The van der Waals surface area contributed by atoms with Crippen molar-refractivity contribution in [3.63, 3.8) is 0 Å². The molecule has 3 heterocycles. The summed E-state index contributed by atoms with van der Waals surface area (Å²) in [5.74, 6) is 0.793. The number of nitrogen functional groups attached to an aromatic ring is 2. The molecule has 4 rings (SSSR count). The van der Waals surface area contributed by atoms with Crippen LogP contribution in [0.4, 0.5) is 11.4 Å². The standard InChI is InChI=1S/C13H11N3.C5H7N3.CH4/c1-16-8-7-11-12(9-16)15-13(14-11)10-5-3-2-4-6-10;6-4-1-2-8-3-5(4)7;/h2-9H,1H3;1-3H,7H2,(H2,6,8);1H4. The molecule has 0 fully saturated rings. The Balaban J connectivity index is 0.000000214. The number of fused-ring (bicyclic) bond motifs is 1. The first kappa shape index (κ1) is 17.9. The summed E-state index contributed by atoms with van der Waals surface area (Å²) in [6, 6.07) is 13.7. The third kappa shape index (κ3) is 4.32. The molecule has 6 nitrogen and oxygen atoms in total. The van der Waals surface area contributed by atoms with Crippen LogP contribution >= 0.6 is 0 Å². The number of hydrogen-bond acceptors (Lipinski definition) is 5. The van der Waals surface area contributed by atoms with Crippen molar-refractivity contribution in [2.24, 2.45) is 7.05 Å². The zero-order valence-electron chi connectivity index (χ0n) is 13.3. The molecule has 2 aromatic rings. The molecule has 0 amide bonds. The smallest absolute Gasteiger partial charge is 0.160 e. The molecule has 25 heavy (non-hydrogen) atoms. The lowest BCUT2D eigenvalue weighted by molar-refractivity contribution is 0.901. The van der Waals surface area contributed by atoms with Gasteiger partial charge in [-0.25, -0.2) is 9.97 Å². The second-order valence-corrected chi connectivity index (χ2v) is 5.30. The number of nitrogens with two attached hydrogens (primary N) is 2. The molecule has 0 bridgehead atoms. The van der Waals surface area contributed by atoms with Crippen LogP contribution in [0.1, 0.15) is 7.43 Å². The van der Waals surface area contributed by atoms with Crippen LogP contribution in [0.15, 0.2) is 67.3 Å². The molecule has 2 aliphatic rings. The van der Waals surface area contributed by atoms with Crippen molar-refractivity contribution in [1.29, 1.82) is 0 Å². The summed E-state index contributed by atoms with van der Waals surface area (Å²) >= 11 is 0. The van der Waals surface area contributed by atoms with E-state index in [1.807, 2.05) is 60.4 Å². The van der Waals surface area contributed by atoms with Gasteiger partial charge in [0.05, 0.1) is 23.3 Å². The van der Waals surface area contributed by atoms with Gasteiger partial charge in [0, 0.05) is 31.2 Å². The highest BCUT2D eigenvalue weighted by Gasteiger charge is 2.11. The molecule has 0 radical (unpaired) electrons. The van der Waals surface area contributed by atoms with E-state index in [2.05, 4.69) is 15.0 Å². The van der Waals surface area contributed by atoms with E-state index in [9.17, 15) is 0 Å². The van der Waals surface area contributed by atoms with Crippen LogP contribution in [0.25, 0.3) is 22.8 Å². The van der Waals surface area contributed by atoms with Gasteiger partial charge in [-0.3, -0.25) is 4.98 Å². The van der Waals surface area contributed by atoms with Crippen molar-refractivity contribution in [2.45, 2.75) is 7.43 Å². The Labute approximate surface area is 147 Å². The second-order valence-electron chi connectivity index (χ2n) is 5.30. The van der Waals surface area contributed by atoms with Crippen LogP contribution in [0.2, 0.25) is 0 Å². The average Bonchev–Trinajstić information content (AvgIpc) is 3.02. The lowest BCUT2D eigenvalue weighted by Gasteiger charge is -1.98. The van der Waals surface area contributed by atoms with Crippen LogP contribution in [0.3, 0.4) is 0 Å². The molecular formula is C19H22N6. The minimum Gasteiger partial charge on any atom is -0.397 e. The number of aryl methyl sites for hydroxylation is 1. The number of imidazole rings is 1. The van der Waals surface area contributed by atoms with Gasteiger partial charge in [0.15, 0.2) is 5.82 Å². The molecule has 0 saturated heterocycles. The summed E-state index contributed by atoms with van der Waals surface area (Å²) in [7, 11) is 1.98. The molecule has 1 aromatic carbocycles. The lowest BCUT2D eigenvalue weighted by Crippen LogP contribution is -1.93. The second kappa shape index (κ2) is 7.92. The van der Waals surface area contributed by atoms with E-state index in [1.165, 1.54) is 6.20 Å². The third-order valence-corrected chi connectivity index (χ3v) is 3.43. The Morgan fingerprint density at radius 3 is 2.24 bits per heavy atom. The van der Waals surface area contributed by atoms with E-state index in [4.69, 9.17) is 11.5 Å². The zero-order chi connectivity index (χ0) is 16.9. The molecule has 2 aliphatic heterocycles. The predicted octanol–water partition coefficient (Wildman–Crippen LogP) is 3.47. The summed E-state index contributed by atoms with van der Waals surface area (Å²) < 4.78 is 1.98. The maximum absolute atomic E-state index is 5.35. The van der Waals surface area contributed by atoms with Crippen molar-refractivity contribution < 1.29 is 0 Å². The van der Waals surface area contributed by atoms with Gasteiger partial charge in [0.2, 0.25) is 0 Å². The molecule has 0 unspecified atom stereocenters. The van der Waals surface area contributed by atoms with E-state index in [-0.39, 0.29) is 7.43 Å². The van der Waals surface area contributed by atoms with Crippen molar-refractivity contribution in [3.8, 4) is 22.8 Å². The van der Waals surface area contributed by atoms with Gasteiger partial charge in [0.25, 0.3) is 0 Å². The van der Waals surface area contributed by atoms with E-state index >= 15 is 0 Å². The molecule has 0 atom stereocenters.